The van der Waals surface area contributed by atoms with E-state index in [0.717, 1.165) is 24.6 Å². The van der Waals surface area contributed by atoms with Crippen LogP contribution in [0, 0.1) is 0 Å². The standard InChI is InChI=1S/C4H10OSSi/c5-7-4-2-1-3-6/h5-6H,1-4H2. The van der Waals surface area contributed by atoms with Crippen molar-refractivity contribution in [2.75, 3.05) is 5.75 Å². The minimum absolute atomic E-state index is 0.134. The number of rotatable bonds is 4. The summed E-state index contributed by atoms with van der Waals surface area (Å²) < 4.78 is 0. The van der Waals surface area contributed by atoms with E-state index < -0.39 is 0 Å². The van der Waals surface area contributed by atoms with Crippen molar-refractivity contribution in [3.05, 3.63) is 0 Å². The maximum atomic E-state index is 8.30. The number of hydrogen-bond acceptors (Lipinski definition) is 2. The molecule has 7 heavy (non-hydrogen) atoms. The maximum absolute atomic E-state index is 8.30. The third-order valence-corrected chi connectivity index (χ3v) is 1.59. The van der Waals surface area contributed by atoms with Crippen molar-refractivity contribution in [3.8, 4) is 0 Å². The van der Waals surface area contributed by atoms with Crippen molar-refractivity contribution in [1.29, 1.82) is 0 Å². The van der Waals surface area contributed by atoms with Gasteiger partial charge in [0.05, 0.1) is 0 Å². The van der Waals surface area contributed by atoms with Gasteiger partial charge in [-0.1, -0.05) is 6.42 Å². The van der Waals surface area contributed by atoms with Crippen LogP contribution >= 0.6 is 12.6 Å². The lowest BCUT2D eigenvalue weighted by Crippen LogP contribution is -1.85. The molecule has 0 aliphatic heterocycles. The van der Waals surface area contributed by atoms with Gasteiger partial charge in [-0.2, -0.15) is 12.6 Å². The highest BCUT2D eigenvalue weighted by Crippen LogP contribution is 1.94. The second-order valence-corrected chi connectivity index (χ2v) is 2.60. The van der Waals surface area contributed by atoms with E-state index in [2.05, 4.69) is 12.6 Å². The summed E-state index contributed by atoms with van der Waals surface area (Å²) in [5.41, 5.74) is 0. The summed E-state index contributed by atoms with van der Waals surface area (Å²) in [6.45, 7) is 0. The van der Waals surface area contributed by atoms with Gasteiger partial charge in [-0.3, -0.25) is 0 Å². The van der Waals surface area contributed by atoms with Crippen LogP contribution in [0.1, 0.15) is 12.8 Å². The summed E-state index contributed by atoms with van der Waals surface area (Å²) in [4.78, 5) is 8.30. The minimum Gasteiger partial charge on any atom is -0.432 e. The quantitative estimate of drug-likeness (QED) is 0.330. The van der Waals surface area contributed by atoms with Gasteiger partial charge in [0.15, 0.2) is 0 Å². The van der Waals surface area contributed by atoms with E-state index in [-0.39, 0.29) is 9.76 Å². The largest absolute Gasteiger partial charge is 0.432 e. The van der Waals surface area contributed by atoms with Gasteiger partial charge in [-0.25, -0.2) is 0 Å². The molecule has 0 aromatic heterocycles. The predicted molar refractivity (Wildman–Crippen MR) is 35.9 cm³/mol. The zero-order chi connectivity index (χ0) is 5.54. The first-order valence-electron chi connectivity index (χ1n) is 2.39. The molecule has 0 bridgehead atoms. The van der Waals surface area contributed by atoms with Crippen molar-refractivity contribution < 1.29 is 4.80 Å². The van der Waals surface area contributed by atoms with E-state index in [1.807, 2.05) is 0 Å². The molecule has 0 atom stereocenters. The van der Waals surface area contributed by atoms with Crippen LogP contribution in [0.25, 0.3) is 0 Å². The lowest BCUT2D eigenvalue weighted by atomic mass is 10.4. The molecule has 0 aromatic rings. The van der Waals surface area contributed by atoms with E-state index >= 15 is 0 Å². The Morgan fingerprint density at radius 2 is 2.14 bits per heavy atom. The zero-order valence-corrected chi connectivity index (χ0v) is 6.12. The van der Waals surface area contributed by atoms with Gasteiger partial charge < -0.3 is 4.80 Å². The van der Waals surface area contributed by atoms with Crippen LogP contribution < -0.4 is 0 Å². The second kappa shape index (κ2) is 6.53. The van der Waals surface area contributed by atoms with Gasteiger partial charge in [0.25, 0.3) is 0 Å². The van der Waals surface area contributed by atoms with E-state index in [4.69, 9.17) is 4.80 Å². The molecule has 2 radical (unpaired) electrons. The summed E-state index contributed by atoms with van der Waals surface area (Å²) in [6, 6.07) is 0.959. The van der Waals surface area contributed by atoms with Crippen molar-refractivity contribution in [2.24, 2.45) is 0 Å². The average Bonchev–Trinajstić information content (AvgIpc) is 1.69. The Kier molecular flexibility index (Phi) is 7.02. The van der Waals surface area contributed by atoms with Gasteiger partial charge in [0, 0.05) is 0 Å². The third-order valence-electron chi connectivity index (χ3n) is 0.697. The second-order valence-electron chi connectivity index (χ2n) is 1.34. The molecule has 0 fully saturated rings. The molecule has 0 aromatic carbocycles. The molecule has 1 nitrogen and oxygen atoms in total. The average molecular weight is 134 g/mol. The lowest BCUT2D eigenvalue weighted by Gasteiger charge is -1.88. The Balaban J connectivity index is 2.45. The van der Waals surface area contributed by atoms with Crippen LogP contribution in [0.5, 0.6) is 0 Å². The molecule has 0 aliphatic rings. The summed E-state index contributed by atoms with van der Waals surface area (Å²) in [7, 11) is 0.134. The Bertz CT molecular complexity index is 30.9. The summed E-state index contributed by atoms with van der Waals surface area (Å²) in [5.74, 6) is 0.949. The first-order chi connectivity index (χ1) is 3.41. The molecule has 0 saturated heterocycles. The highest BCUT2D eigenvalue weighted by atomic mass is 32.1. The van der Waals surface area contributed by atoms with Crippen LogP contribution in [-0.4, -0.2) is 20.3 Å². The first kappa shape index (κ1) is 7.53. The SMILES string of the molecule is O[Si]CCCCS. The fraction of sp³-hybridized carbons (Fsp3) is 1.00. The Labute approximate surface area is 52.5 Å². The molecule has 0 saturated carbocycles. The Morgan fingerprint density at radius 1 is 1.43 bits per heavy atom. The van der Waals surface area contributed by atoms with Gasteiger partial charge in [0.2, 0.25) is 9.76 Å². The Hall–Kier alpha value is 0.527. The lowest BCUT2D eigenvalue weighted by molar-refractivity contribution is 0.595. The van der Waals surface area contributed by atoms with E-state index in [1.54, 1.807) is 0 Å². The number of hydrogen-bond donors (Lipinski definition) is 2. The first-order valence-corrected chi connectivity index (χ1v) is 4.18. The van der Waals surface area contributed by atoms with Gasteiger partial charge in [0.1, 0.15) is 0 Å². The van der Waals surface area contributed by atoms with Crippen molar-refractivity contribution in [2.45, 2.75) is 18.9 Å². The zero-order valence-electron chi connectivity index (χ0n) is 4.22. The minimum atomic E-state index is 0.134. The fourth-order valence-corrected chi connectivity index (χ4v) is 0.948. The maximum Gasteiger partial charge on any atom is 0.224 e. The van der Waals surface area contributed by atoms with Crippen molar-refractivity contribution in [1.82, 2.24) is 0 Å². The summed E-state index contributed by atoms with van der Waals surface area (Å²) >= 11 is 4.01. The molecule has 0 aliphatic carbocycles. The summed E-state index contributed by atoms with van der Waals surface area (Å²) in [6.07, 6.45) is 2.26. The van der Waals surface area contributed by atoms with E-state index in [0.29, 0.717) is 0 Å². The van der Waals surface area contributed by atoms with Crippen LogP contribution in [0.4, 0.5) is 0 Å². The number of unbranched alkanes of at least 4 members (excludes halogenated alkanes) is 1. The molecule has 1 N–H and O–H groups in total. The molecule has 0 unspecified atom stereocenters. The van der Waals surface area contributed by atoms with Crippen molar-refractivity contribution >= 4 is 22.4 Å². The molecule has 0 spiro atoms. The smallest absolute Gasteiger partial charge is 0.224 e. The normalized spacial score (nSPS) is 9.43. The fourth-order valence-electron chi connectivity index (χ4n) is 0.316. The summed E-state index contributed by atoms with van der Waals surface area (Å²) in [5, 5.41) is 0. The van der Waals surface area contributed by atoms with Gasteiger partial charge >= 0.3 is 0 Å². The molecule has 42 valence electrons. The van der Waals surface area contributed by atoms with Crippen LogP contribution in [0.3, 0.4) is 0 Å². The molecular formula is C4H10OSSi. The van der Waals surface area contributed by atoms with Gasteiger partial charge in [-0.15, -0.1) is 0 Å². The topological polar surface area (TPSA) is 20.2 Å². The third kappa shape index (κ3) is 6.53. The van der Waals surface area contributed by atoms with E-state index in [9.17, 15) is 0 Å². The molecule has 3 heteroatoms. The van der Waals surface area contributed by atoms with Crippen molar-refractivity contribution in [3.63, 3.8) is 0 Å². The van der Waals surface area contributed by atoms with Crippen LogP contribution in [0.15, 0.2) is 0 Å². The number of thiol groups is 1. The predicted octanol–water partition coefficient (Wildman–Crippen LogP) is 0.726. The molecule has 0 rings (SSSR count). The molecule has 0 heterocycles. The highest BCUT2D eigenvalue weighted by molar-refractivity contribution is 7.80. The van der Waals surface area contributed by atoms with E-state index in [1.165, 1.54) is 0 Å². The van der Waals surface area contributed by atoms with Gasteiger partial charge in [-0.05, 0) is 18.2 Å². The monoisotopic (exact) mass is 134 g/mol. The Morgan fingerprint density at radius 3 is 2.57 bits per heavy atom. The molecular weight excluding hydrogens is 124 g/mol. The molecule has 0 amide bonds. The van der Waals surface area contributed by atoms with Crippen LogP contribution in [0.2, 0.25) is 6.04 Å². The highest BCUT2D eigenvalue weighted by Gasteiger charge is 1.83. The van der Waals surface area contributed by atoms with Crippen LogP contribution in [-0.2, 0) is 0 Å².